The molecule has 1 heterocycles. The third-order valence-electron chi connectivity index (χ3n) is 2.98. The molecule has 0 amide bonds. The van der Waals surface area contributed by atoms with Crippen molar-refractivity contribution >= 4 is 22.9 Å². The molecule has 0 saturated carbocycles. The summed E-state index contributed by atoms with van der Waals surface area (Å²) in [6.45, 7) is 5.09. The van der Waals surface area contributed by atoms with Gasteiger partial charge in [0.15, 0.2) is 6.10 Å². The third-order valence-corrected chi connectivity index (χ3v) is 2.98. The van der Waals surface area contributed by atoms with E-state index >= 15 is 0 Å². The second kappa shape index (κ2) is 5.87. The molecule has 2 rings (SSSR count). The Morgan fingerprint density at radius 3 is 2.71 bits per heavy atom. The van der Waals surface area contributed by atoms with E-state index < -0.39 is 18.0 Å². The molecule has 6 heteroatoms. The fraction of sp³-hybridized carbons (Fsp3) is 0.333. The smallest absolute Gasteiger partial charge is 0.344 e. The number of benzene rings is 1. The van der Waals surface area contributed by atoms with Crippen molar-refractivity contribution in [2.75, 3.05) is 6.61 Å². The molecular formula is C15H16O6. The van der Waals surface area contributed by atoms with Crippen LogP contribution in [0.25, 0.3) is 11.0 Å². The van der Waals surface area contributed by atoms with Gasteiger partial charge in [-0.2, -0.15) is 0 Å². The van der Waals surface area contributed by atoms with Crippen molar-refractivity contribution in [2.24, 2.45) is 0 Å². The van der Waals surface area contributed by atoms with Crippen molar-refractivity contribution in [2.45, 2.75) is 26.9 Å². The average Bonchev–Trinajstić information content (AvgIpc) is 2.74. The number of aryl methyl sites for hydroxylation is 1. The SMILES string of the molecule is CCOC(=O)c1c(C)oc2ccc(O[C@H](C)C(=O)O)cc12. The highest BCUT2D eigenvalue weighted by Gasteiger charge is 2.20. The van der Waals surface area contributed by atoms with Crippen molar-refractivity contribution in [3.05, 3.63) is 29.5 Å². The Hall–Kier alpha value is -2.50. The van der Waals surface area contributed by atoms with E-state index in [0.717, 1.165) is 0 Å². The molecule has 21 heavy (non-hydrogen) atoms. The molecule has 0 unspecified atom stereocenters. The molecule has 0 fully saturated rings. The van der Waals surface area contributed by atoms with Crippen LogP contribution < -0.4 is 4.74 Å². The Morgan fingerprint density at radius 1 is 1.38 bits per heavy atom. The van der Waals surface area contributed by atoms with Gasteiger partial charge in [-0.15, -0.1) is 0 Å². The largest absolute Gasteiger partial charge is 0.479 e. The summed E-state index contributed by atoms with van der Waals surface area (Å²) in [6.07, 6.45) is -0.985. The van der Waals surface area contributed by atoms with Gasteiger partial charge in [0, 0.05) is 5.39 Å². The number of carboxylic acid groups (broad SMARTS) is 1. The molecular weight excluding hydrogens is 276 g/mol. The molecule has 0 aliphatic rings. The summed E-state index contributed by atoms with van der Waals surface area (Å²) in [6, 6.07) is 4.81. The first-order valence-corrected chi connectivity index (χ1v) is 6.53. The maximum Gasteiger partial charge on any atom is 0.344 e. The number of rotatable bonds is 5. The Kier molecular flexibility index (Phi) is 4.16. The third kappa shape index (κ3) is 2.99. The molecule has 1 atom stereocenters. The van der Waals surface area contributed by atoms with Gasteiger partial charge in [-0.05, 0) is 39.0 Å². The predicted molar refractivity (Wildman–Crippen MR) is 74.6 cm³/mol. The molecule has 0 aliphatic heterocycles. The van der Waals surface area contributed by atoms with Gasteiger partial charge in [0.2, 0.25) is 0 Å². The Morgan fingerprint density at radius 2 is 2.10 bits per heavy atom. The zero-order valence-electron chi connectivity index (χ0n) is 12.0. The topological polar surface area (TPSA) is 86.0 Å². The molecule has 0 aliphatic carbocycles. The van der Waals surface area contributed by atoms with Gasteiger partial charge in [0.25, 0.3) is 0 Å². The van der Waals surface area contributed by atoms with Crippen LogP contribution in [0.1, 0.15) is 30.0 Å². The van der Waals surface area contributed by atoms with Crippen LogP contribution in [0, 0.1) is 6.92 Å². The van der Waals surface area contributed by atoms with Crippen LogP contribution in [-0.4, -0.2) is 29.8 Å². The first kappa shape index (κ1) is 14.9. The highest BCUT2D eigenvalue weighted by Crippen LogP contribution is 2.30. The zero-order chi connectivity index (χ0) is 15.6. The summed E-state index contributed by atoms with van der Waals surface area (Å²) in [5, 5.41) is 9.40. The van der Waals surface area contributed by atoms with E-state index in [4.69, 9.17) is 19.0 Å². The van der Waals surface area contributed by atoms with E-state index in [1.807, 2.05) is 0 Å². The van der Waals surface area contributed by atoms with Crippen LogP contribution in [0.4, 0.5) is 0 Å². The van der Waals surface area contributed by atoms with E-state index in [1.54, 1.807) is 32.0 Å². The van der Waals surface area contributed by atoms with Gasteiger partial charge in [0.1, 0.15) is 22.7 Å². The number of fused-ring (bicyclic) bond motifs is 1. The molecule has 1 N–H and O–H groups in total. The maximum absolute atomic E-state index is 12.0. The molecule has 0 saturated heterocycles. The Bertz CT molecular complexity index is 685. The Balaban J connectivity index is 2.43. The molecule has 0 bridgehead atoms. The fourth-order valence-electron chi connectivity index (χ4n) is 1.98. The summed E-state index contributed by atoms with van der Waals surface area (Å²) in [7, 11) is 0. The number of aliphatic carboxylic acids is 1. The van der Waals surface area contributed by atoms with Crippen molar-refractivity contribution in [1.29, 1.82) is 0 Å². The van der Waals surface area contributed by atoms with E-state index in [1.165, 1.54) is 6.92 Å². The van der Waals surface area contributed by atoms with Gasteiger partial charge in [0.05, 0.1) is 6.61 Å². The van der Waals surface area contributed by atoms with Gasteiger partial charge < -0.3 is 19.0 Å². The van der Waals surface area contributed by atoms with Gasteiger partial charge in [-0.25, -0.2) is 9.59 Å². The second-order valence-corrected chi connectivity index (χ2v) is 4.51. The minimum Gasteiger partial charge on any atom is -0.479 e. The highest BCUT2D eigenvalue weighted by molar-refractivity contribution is 6.04. The van der Waals surface area contributed by atoms with Crippen molar-refractivity contribution in [1.82, 2.24) is 0 Å². The zero-order valence-corrected chi connectivity index (χ0v) is 12.0. The highest BCUT2D eigenvalue weighted by atomic mass is 16.5. The van der Waals surface area contributed by atoms with E-state index in [9.17, 15) is 9.59 Å². The monoisotopic (exact) mass is 292 g/mol. The molecule has 112 valence electrons. The lowest BCUT2D eigenvalue weighted by Gasteiger charge is -2.10. The minimum absolute atomic E-state index is 0.261. The number of carbonyl (C=O) groups excluding carboxylic acids is 1. The second-order valence-electron chi connectivity index (χ2n) is 4.51. The minimum atomic E-state index is -1.07. The first-order valence-electron chi connectivity index (χ1n) is 6.53. The standard InChI is InChI=1S/C15H16O6/c1-4-19-15(18)13-8(2)21-12-6-5-10(7-11(12)13)20-9(3)14(16)17/h5-7,9H,4H2,1-3H3,(H,16,17)/t9-/m1/s1. The van der Waals surface area contributed by atoms with Gasteiger partial charge >= 0.3 is 11.9 Å². The van der Waals surface area contributed by atoms with Crippen LogP contribution in [0.15, 0.2) is 22.6 Å². The van der Waals surface area contributed by atoms with Gasteiger partial charge in [-0.1, -0.05) is 0 Å². The van der Waals surface area contributed by atoms with E-state index in [0.29, 0.717) is 28.0 Å². The maximum atomic E-state index is 12.0. The lowest BCUT2D eigenvalue weighted by atomic mass is 10.1. The lowest BCUT2D eigenvalue weighted by Crippen LogP contribution is -2.22. The number of hydrogen-bond acceptors (Lipinski definition) is 5. The van der Waals surface area contributed by atoms with Crippen LogP contribution in [-0.2, 0) is 9.53 Å². The number of ether oxygens (including phenoxy) is 2. The lowest BCUT2D eigenvalue weighted by molar-refractivity contribution is -0.144. The van der Waals surface area contributed by atoms with Crippen LogP contribution in [0.2, 0.25) is 0 Å². The summed E-state index contributed by atoms with van der Waals surface area (Å²) in [5.41, 5.74) is 0.853. The molecule has 0 radical (unpaired) electrons. The molecule has 6 nitrogen and oxygen atoms in total. The molecule has 1 aromatic carbocycles. The van der Waals surface area contributed by atoms with Crippen LogP contribution in [0.3, 0.4) is 0 Å². The molecule has 0 spiro atoms. The quantitative estimate of drug-likeness (QED) is 0.853. The summed E-state index contributed by atoms with van der Waals surface area (Å²) >= 11 is 0. The summed E-state index contributed by atoms with van der Waals surface area (Å²) in [5.74, 6) is -0.739. The number of carbonyl (C=O) groups is 2. The van der Waals surface area contributed by atoms with Crippen molar-refractivity contribution in [3.63, 3.8) is 0 Å². The fourth-order valence-corrected chi connectivity index (χ4v) is 1.98. The number of carboxylic acids is 1. The Labute approximate surface area is 121 Å². The number of esters is 1. The molecule has 2 aromatic rings. The summed E-state index contributed by atoms with van der Waals surface area (Å²) in [4.78, 5) is 22.8. The predicted octanol–water partition coefficient (Wildman–Crippen LogP) is 2.77. The van der Waals surface area contributed by atoms with E-state index in [-0.39, 0.29) is 6.61 Å². The number of hydrogen-bond donors (Lipinski definition) is 1. The average molecular weight is 292 g/mol. The van der Waals surface area contributed by atoms with Crippen LogP contribution >= 0.6 is 0 Å². The number of furan rings is 1. The van der Waals surface area contributed by atoms with Gasteiger partial charge in [-0.3, -0.25) is 0 Å². The van der Waals surface area contributed by atoms with Crippen molar-refractivity contribution in [3.8, 4) is 5.75 Å². The molecule has 1 aromatic heterocycles. The van der Waals surface area contributed by atoms with Crippen molar-refractivity contribution < 1.29 is 28.6 Å². The normalized spacial score (nSPS) is 12.1. The van der Waals surface area contributed by atoms with Crippen LogP contribution in [0.5, 0.6) is 5.75 Å². The first-order chi connectivity index (χ1) is 9.93. The van der Waals surface area contributed by atoms with E-state index in [2.05, 4.69) is 0 Å². The summed E-state index contributed by atoms with van der Waals surface area (Å²) < 4.78 is 15.8.